The second kappa shape index (κ2) is 12.3. The van der Waals surface area contributed by atoms with Crippen LogP contribution in [0, 0.1) is 5.41 Å². The van der Waals surface area contributed by atoms with Crippen LogP contribution in [0.5, 0.6) is 5.75 Å². The van der Waals surface area contributed by atoms with E-state index in [1.54, 1.807) is 12.1 Å². The number of amides is 2. The molecule has 0 aliphatic heterocycles. The number of carboxylic acids is 1. The minimum absolute atomic E-state index is 0.00259. The Kier molecular flexibility index (Phi) is 10.2. The predicted molar refractivity (Wildman–Crippen MR) is 112 cm³/mol. The molecule has 0 saturated heterocycles. The Bertz CT molecular complexity index is 770. The molecule has 1 rings (SSSR count). The number of benzene rings is 1. The number of aliphatic carboxylic acids is 1. The smallest absolute Gasteiger partial charge is 0.328 e. The molecule has 0 aliphatic carbocycles. The molecule has 0 radical (unpaired) electrons. The number of carbonyl (C=O) groups excluding carboxylic acids is 2. The summed E-state index contributed by atoms with van der Waals surface area (Å²) in [5.74, 6) is -3.02. The van der Waals surface area contributed by atoms with Gasteiger partial charge in [0.15, 0.2) is 12.0 Å². The van der Waals surface area contributed by atoms with Crippen LogP contribution in [-0.4, -0.2) is 69.8 Å². The molecule has 0 fully saturated rings. The van der Waals surface area contributed by atoms with Crippen LogP contribution in [0.4, 0.5) is 0 Å². The largest absolute Gasteiger partial charge is 0.508 e. The number of aliphatic hydroxyl groups is 1. The third-order valence-corrected chi connectivity index (χ3v) is 4.40. The summed E-state index contributed by atoms with van der Waals surface area (Å²) in [7, 11) is 0. The number of carboxylic acid groups (broad SMARTS) is 1. The van der Waals surface area contributed by atoms with Crippen molar-refractivity contribution in [2.45, 2.75) is 50.4 Å². The van der Waals surface area contributed by atoms with E-state index in [1.165, 1.54) is 19.1 Å². The van der Waals surface area contributed by atoms with Gasteiger partial charge in [-0.2, -0.15) is 0 Å². The molecule has 0 saturated carbocycles. The van der Waals surface area contributed by atoms with E-state index in [4.69, 9.17) is 16.9 Å². The summed E-state index contributed by atoms with van der Waals surface area (Å²) >= 11 is 0. The van der Waals surface area contributed by atoms with Crippen molar-refractivity contribution in [1.82, 2.24) is 16.0 Å². The van der Waals surface area contributed by atoms with Crippen molar-refractivity contribution >= 4 is 23.7 Å². The molecule has 0 bridgehead atoms. The van der Waals surface area contributed by atoms with Crippen molar-refractivity contribution in [3.05, 3.63) is 29.8 Å². The number of hydrogen-bond acceptors (Lipinski definition) is 7. The summed E-state index contributed by atoms with van der Waals surface area (Å²) < 4.78 is 0. The van der Waals surface area contributed by atoms with Gasteiger partial charge >= 0.3 is 5.97 Å². The molecule has 0 aromatic heterocycles. The number of carbonyl (C=O) groups is 3. The third kappa shape index (κ3) is 9.31. The number of nitrogens with one attached hydrogen (secondary N) is 4. The van der Waals surface area contributed by atoms with Crippen LogP contribution in [0.1, 0.15) is 25.3 Å². The molecule has 0 spiro atoms. The van der Waals surface area contributed by atoms with Crippen molar-refractivity contribution in [1.29, 1.82) is 5.41 Å². The quantitative estimate of drug-likeness (QED) is 0.0994. The normalized spacial score (nSPS) is 14.5. The van der Waals surface area contributed by atoms with E-state index >= 15 is 0 Å². The van der Waals surface area contributed by atoms with Crippen LogP contribution in [0.3, 0.4) is 0 Å². The van der Waals surface area contributed by atoms with Crippen molar-refractivity contribution in [2.75, 3.05) is 6.54 Å². The first kappa shape index (κ1) is 25.7. The Morgan fingerprint density at radius 3 is 2.26 bits per heavy atom. The number of aromatic hydroxyl groups is 1. The number of hydrogen-bond donors (Lipinski definition) is 9. The summed E-state index contributed by atoms with van der Waals surface area (Å²) in [5.41, 5.74) is 11.6. The van der Waals surface area contributed by atoms with Crippen molar-refractivity contribution in [3.63, 3.8) is 0 Å². The average molecular weight is 438 g/mol. The maximum absolute atomic E-state index is 12.7. The Balaban J connectivity index is 2.87. The highest BCUT2D eigenvalue weighted by atomic mass is 16.4. The molecule has 4 atom stereocenters. The van der Waals surface area contributed by atoms with Crippen molar-refractivity contribution in [2.24, 2.45) is 11.5 Å². The van der Waals surface area contributed by atoms with Gasteiger partial charge in [-0.05, 0) is 37.5 Å². The zero-order chi connectivity index (χ0) is 23.6. The molecule has 12 nitrogen and oxygen atoms in total. The van der Waals surface area contributed by atoms with Gasteiger partial charge in [-0.3, -0.25) is 15.0 Å². The molecule has 1 aromatic rings. The monoisotopic (exact) mass is 438 g/mol. The molecule has 0 aliphatic rings. The number of aliphatic hydroxyl groups excluding tert-OH is 1. The lowest BCUT2D eigenvalue weighted by Gasteiger charge is -2.24. The van der Waals surface area contributed by atoms with Gasteiger partial charge in [0.05, 0.1) is 12.1 Å². The van der Waals surface area contributed by atoms with E-state index in [2.05, 4.69) is 16.0 Å². The van der Waals surface area contributed by atoms with Gasteiger partial charge in [-0.15, -0.1) is 0 Å². The standard InChI is InChI=1S/C19H30N6O6/c1-10(26)15(18(30)31)25-17(29)14(9-11-4-6-12(27)7-5-11)24-16(28)13(20)3-2-8-23-19(21)22/h4-7,10,13-15,26-27H,2-3,8-9,20H2,1H3,(H,24,28)(H,25,29)(H,30,31)(H4,21,22,23)/t10-,13+,14+,15+/m1/s1. The fraction of sp³-hybridized carbons (Fsp3) is 0.474. The lowest BCUT2D eigenvalue weighted by Crippen LogP contribution is -2.57. The maximum Gasteiger partial charge on any atom is 0.328 e. The lowest BCUT2D eigenvalue weighted by atomic mass is 10.0. The summed E-state index contributed by atoms with van der Waals surface area (Å²) in [5, 5.41) is 42.6. The van der Waals surface area contributed by atoms with E-state index in [0.29, 0.717) is 18.5 Å². The molecule has 172 valence electrons. The zero-order valence-electron chi connectivity index (χ0n) is 17.2. The average Bonchev–Trinajstić information content (AvgIpc) is 2.69. The van der Waals surface area contributed by atoms with Gasteiger partial charge in [0.2, 0.25) is 11.8 Å². The minimum atomic E-state index is -1.56. The molecule has 11 N–H and O–H groups in total. The highest BCUT2D eigenvalue weighted by molar-refractivity contribution is 5.92. The fourth-order valence-corrected chi connectivity index (χ4v) is 2.67. The SMILES string of the molecule is C[C@@H](O)[C@H](NC(=O)[C@H](Cc1ccc(O)cc1)NC(=O)[C@@H](N)CCCNC(=N)N)C(=O)O. The number of phenolic OH excluding ortho intramolecular Hbond substituents is 1. The topological polar surface area (TPSA) is 224 Å². The van der Waals surface area contributed by atoms with Crippen LogP contribution in [0.2, 0.25) is 0 Å². The Morgan fingerprint density at radius 1 is 1.13 bits per heavy atom. The van der Waals surface area contributed by atoms with Crippen LogP contribution >= 0.6 is 0 Å². The van der Waals surface area contributed by atoms with Crippen molar-refractivity contribution < 1.29 is 29.7 Å². The molecular formula is C19H30N6O6. The van der Waals surface area contributed by atoms with Crippen molar-refractivity contribution in [3.8, 4) is 5.75 Å². The lowest BCUT2D eigenvalue weighted by molar-refractivity contribution is -0.145. The minimum Gasteiger partial charge on any atom is -0.508 e. The predicted octanol–water partition coefficient (Wildman–Crippen LogP) is -2.04. The Hall–Kier alpha value is -3.38. The highest BCUT2D eigenvalue weighted by Gasteiger charge is 2.30. The summed E-state index contributed by atoms with van der Waals surface area (Å²) in [4.78, 5) is 36.4. The first-order valence-corrected chi connectivity index (χ1v) is 9.64. The van der Waals surface area contributed by atoms with Gasteiger partial charge in [-0.25, -0.2) is 4.79 Å². The highest BCUT2D eigenvalue weighted by Crippen LogP contribution is 2.12. The van der Waals surface area contributed by atoms with E-state index in [0.717, 1.165) is 0 Å². The number of phenols is 1. The van der Waals surface area contributed by atoms with Crippen LogP contribution in [0.25, 0.3) is 0 Å². The van der Waals surface area contributed by atoms with E-state index in [9.17, 15) is 29.7 Å². The van der Waals surface area contributed by atoms with Gasteiger partial charge in [0, 0.05) is 13.0 Å². The van der Waals surface area contributed by atoms with Crippen LogP contribution < -0.4 is 27.4 Å². The number of rotatable bonds is 12. The molecule has 12 heteroatoms. The van der Waals surface area contributed by atoms with Crippen LogP contribution in [-0.2, 0) is 20.8 Å². The molecule has 1 aromatic carbocycles. The van der Waals surface area contributed by atoms with Gasteiger partial charge in [-0.1, -0.05) is 12.1 Å². The third-order valence-electron chi connectivity index (χ3n) is 4.40. The second-order valence-corrected chi connectivity index (χ2v) is 7.09. The molecule has 2 amide bonds. The first-order valence-electron chi connectivity index (χ1n) is 9.64. The first-order chi connectivity index (χ1) is 14.5. The van der Waals surface area contributed by atoms with Gasteiger partial charge in [0.1, 0.15) is 11.8 Å². The van der Waals surface area contributed by atoms with Crippen LogP contribution in [0.15, 0.2) is 24.3 Å². The molecule has 31 heavy (non-hydrogen) atoms. The van der Waals surface area contributed by atoms with E-state index < -0.39 is 42.0 Å². The molecule has 0 unspecified atom stereocenters. The summed E-state index contributed by atoms with van der Waals surface area (Å²) in [6.07, 6.45) is -0.651. The number of guanidine groups is 1. The van der Waals surface area contributed by atoms with Gasteiger partial charge in [0.25, 0.3) is 0 Å². The summed E-state index contributed by atoms with van der Waals surface area (Å²) in [6, 6.07) is 2.26. The Morgan fingerprint density at radius 2 is 1.74 bits per heavy atom. The molecular weight excluding hydrogens is 408 g/mol. The van der Waals surface area contributed by atoms with E-state index in [-0.39, 0.29) is 24.6 Å². The van der Waals surface area contributed by atoms with Gasteiger partial charge < -0.3 is 42.7 Å². The number of nitrogens with two attached hydrogens (primary N) is 2. The summed E-state index contributed by atoms with van der Waals surface area (Å²) in [6.45, 7) is 1.57. The van der Waals surface area contributed by atoms with E-state index in [1.807, 2.05) is 0 Å². The second-order valence-electron chi connectivity index (χ2n) is 7.09. The molecule has 0 heterocycles. The fourth-order valence-electron chi connectivity index (χ4n) is 2.67. The maximum atomic E-state index is 12.7. The zero-order valence-corrected chi connectivity index (χ0v) is 17.2. The Labute approximate surface area is 179 Å².